The molecule has 1 unspecified atom stereocenters. The molecule has 2 saturated heterocycles. The molecule has 0 aliphatic carbocycles. The van der Waals surface area contributed by atoms with Gasteiger partial charge in [0.15, 0.2) is 0 Å². The van der Waals surface area contributed by atoms with Crippen LogP contribution in [-0.4, -0.2) is 60.9 Å². The first-order chi connectivity index (χ1) is 11.6. The second kappa shape index (κ2) is 7.75. The molecule has 3 rings (SSSR count). The van der Waals surface area contributed by atoms with Crippen molar-refractivity contribution in [1.82, 2.24) is 15.1 Å². The van der Waals surface area contributed by atoms with Crippen LogP contribution in [0.3, 0.4) is 0 Å². The average molecular weight is 333 g/mol. The topological polar surface area (TPSA) is 52.7 Å². The van der Waals surface area contributed by atoms with Gasteiger partial charge in [-0.25, -0.2) is 4.39 Å². The van der Waals surface area contributed by atoms with Gasteiger partial charge < -0.3 is 15.1 Å². The SMILES string of the molecule is O=C(Cc1ccc(F)cc1)N1CCCC(C(=O)N2CCNCC2)C1. The minimum atomic E-state index is -0.300. The van der Waals surface area contributed by atoms with E-state index in [0.29, 0.717) is 13.1 Å². The van der Waals surface area contributed by atoms with Crippen molar-refractivity contribution in [3.63, 3.8) is 0 Å². The highest BCUT2D eigenvalue weighted by Crippen LogP contribution is 2.20. The predicted molar refractivity (Wildman–Crippen MR) is 88.9 cm³/mol. The number of hydrogen-bond donors (Lipinski definition) is 1. The molecule has 130 valence electrons. The molecule has 1 aromatic carbocycles. The maximum atomic E-state index is 13.0. The third-order valence-corrected chi connectivity index (χ3v) is 4.82. The minimum absolute atomic E-state index is 0.0134. The molecule has 0 aromatic heterocycles. The lowest BCUT2D eigenvalue weighted by Crippen LogP contribution is -2.52. The van der Waals surface area contributed by atoms with Gasteiger partial charge >= 0.3 is 0 Å². The number of carbonyl (C=O) groups is 2. The van der Waals surface area contributed by atoms with E-state index < -0.39 is 0 Å². The summed E-state index contributed by atoms with van der Waals surface area (Å²) in [5.41, 5.74) is 0.803. The molecule has 0 spiro atoms. The number of likely N-dealkylation sites (tertiary alicyclic amines) is 1. The van der Waals surface area contributed by atoms with Crippen LogP contribution in [0.15, 0.2) is 24.3 Å². The first-order valence-electron chi connectivity index (χ1n) is 8.65. The van der Waals surface area contributed by atoms with E-state index in [1.807, 2.05) is 4.90 Å². The van der Waals surface area contributed by atoms with Gasteiger partial charge in [0.25, 0.3) is 0 Å². The Morgan fingerprint density at radius 1 is 1.08 bits per heavy atom. The molecule has 2 aliphatic rings. The van der Waals surface area contributed by atoms with Crippen molar-refractivity contribution in [2.45, 2.75) is 19.3 Å². The van der Waals surface area contributed by atoms with Crippen molar-refractivity contribution >= 4 is 11.8 Å². The number of carbonyl (C=O) groups excluding carboxylic acids is 2. The summed E-state index contributed by atoms with van der Waals surface area (Å²) in [5.74, 6) is -0.199. The second-order valence-electron chi connectivity index (χ2n) is 6.56. The highest BCUT2D eigenvalue weighted by molar-refractivity contribution is 5.82. The van der Waals surface area contributed by atoms with Gasteiger partial charge in [-0.1, -0.05) is 12.1 Å². The van der Waals surface area contributed by atoms with Crippen LogP contribution >= 0.6 is 0 Å². The molecule has 0 bridgehead atoms. The van der Waals surface area contributed by atoms with Gasteiger partial charge in [0.1, 0.15) is 5.82 Å². The molecular formula is C18H24FN3O2. The van der Waals surface area contributed by atoms with E-state index in [2.05, 4.69) is 5.32 Å². The molecule has 2 fully saturated rings. The van der Waals surface area contributed by atoms with Crippen LogP contribution in [0.2, 0.25) is 0 Å². The van der Waals surface area contributed by atoms with E-state index in [4.69, 9.17) is 0 Å². The van der Waals surface area contributed by atoms with Crippen molar-refractivity contribution in [3.8, 4) is 0 Å². The van der Waals surface area contributed by atoms with Crippen LogP contribution in [0.25, 0.3) is 0 Å². The third-order valence-electron chi connectivity index (χ3n) is 4.82. The number of piperidine rings is 1. The van der Waals surface area contributed by atoms with Crippen LogP contribution in [0.4, 0.5) is 4.39 Å². The Labute approximate surface area is 141 Å². The van der Waals surface area contributed by atoms with E-state index in [9.17, 15) is 14.0 Å². The van der Waals surface area contributed by atoms with Gasteiger partial charge in [-0.2, -0.15) is 0 Å². The van der Waals surface area contributed by atoms with Gasteiger partial charge in [0.05, 0.1) is 12.3 Å². The number of hydrogen-bond acceptors (Lipinski definition) is 3. The maximum absolute atomic E-state index is 13.0. The smallest absolute Gasteiger partial charge is 0.227 e. The lowest BCUT2D eigenvalue weighted by Gasteiger charge is -2.36. The number of nitrogens with zero attached hydrogens (tertiary/aromatic N) is 2. The molecule has 5 nitrogen and oxygen atoms in total. The van der Waals surface area contributed by atoms with Gasteiger partial charge in [-0.15, -0.1) is 0 Å². The summed E-state index contributed by atoms with van der Waals surface area (Å²) in [5, 5.41) is 3.25. The number of rotatable bonds is 3. The fraction of sp³-hybridized carbons (Fsp3) is 0.556. The lowest BCUT2D eigenvalue weighted by molar-refractivity contribution is -0.141. The molecule has 1 atom stereocenters. The van der Waals surface area contributed by atoms with Crippen LogP contribution in [-0.2, 0) is 16.0 Å². The standard InChI is InChI=1S/C18H24FN3O2/c19-16-5-3-14(4-6-16)12-17(23)22-9-1-2-15(13-22)18(24)21-10-7-20-8-11-21/h3-6,15,20H,1-2,7-13H2. The van der Waals surface area contributed by atoms with Gasteiger partial charge in [0, 0.05) is 39.3 Å². The Bertz CT molecular complexity index is 584. The van der Waals surface area contributed by atoms with Gasteiger partial charge in [0.2, 0.25) is 11.8 Å². The van der Waals surface area contributed by atoms with Gasteiger partial charge in [-0.05, 0) is 30.5 Å². The largest absolute Gasteiger partial charge is 0.342 e. The zero-order chi connectivity index (χ0) is 16.9. The Morgan fingerprint density at radius 3 is 2.50 bits per heavy atom. The van der Waals surface area contributed by atoms with E-state index in [1.54, 1.807) is 17.0 Å². The molecule has 2 heterocycles. The van der Waals surface area contributed by atoms with Crippen LogP contribution in [0.5, 0.6) is 0 Å². The molecular weight excluding hydrogens is 309 g/mol. The molecule has 1 N–H and O–H groups in total. The Kier molecular flexibility index (Phi) is 5.45. The minimum Gasteiger partial charge on any atom is -0.342 e. The average Bonchev–Trinajstić information content (AvgIpc) is 2.64. The number of amides is 2. The molecule has 0 radical (unpaired) electrons. The summed E-state index contributed by atoms with van der Waals surface area (Å²) in [6.45, 7) is 4.38. The quantitative estimate of drug-likeness (QED) is 0.899. The fourth-order valence-electron chi connectivity index (χ4n) is 3.44. The summed E-state index contributed by atoms with van der Waals surface area (Å²) in [6, 6.07) is 6.02. The fourth-order valence-corrected chi connectivity index (χ4v) is 3.44. The summed E-state index contributed by atoms with van der Waals surface area (Å²) < 4.78 is 13.0. The predicted octanol–water partition coefficient (Wildman–Crippen LogP) is 1.04. The zero-order valence-electron chi connectivity index (χ0n) is 13.8. The zero-order valence-corrected chi connectivity index (χ0v) is 13.8. The van der Waals surface area contributed by atoms with Crippen molar-refractivity contribution in [1.29, 1.82) is 0 Å². The molecule has 24 heavy (non-hydrogen) atoms. The Morgan fingerprint density at radius 2 is 1.79 bits per heavy atom. The molecule has 6 heteroatoms. The molecule has 2 aliphatic heterocycles. The van der Waals surface area contributed by atoms with E-state index in [-0.39, 0.29) is 30.0 Å². The summed E-state index contributed by atoms with van der Waals surface area (Å²) in [4.78, 5) is 28.8. The summed E-state index contributed by atoms with van der Waals surface area (Å²) in [6.07, 6.45) is 1.97. The van der Waals surface area contributed by atoms with Gasteiger partial charge in [-0.3, -0.25) is 9.59 Å². The number of benzene rings is 1. The monoisotopic (exact) mass is 333 g/mol. The normalized spacial score (nSPS) is 21.6. The van der Waals surface area contributed by atoms with E-state index in [1.165, 1.54) is 12.1 Å². The van der Waals surface area contributed by atoms with Crippen LogP contribution in [0, 0.1) is 11.7 Å². The van der Waals surface area contributed by atoms with Crippen molar-refractivity contribution in [2.24, 2.45) is 5.92 Å². The summed E-state index contributed by atoms with van der Waals surface area (Å²) >= 11 is 0. The maximum Gasteiger partial charge on any atom is 0.227 e. The number of halogens is 1. The summed E-state index contributed by atoms with van der Waals surface area (Å²) in [7, 11) is 0. The molecule has 0 saturated carbocycles. The highest BCUT2D eigenvalue weighted by atomic mass is 19.1. The first kappa shape index (κ1) is 16.9. The molecule has 1 aromatic rings. The Hall–Kier alpha value is -1.95. The highest BCUT2D eigenvalue weighted by Gasteiger charge is 2.31. The van der Waals surface area contributed by atoms with E-state index in [0.717, 1.165) is 44.6 Å². The van der Waals surface area contributed by atoms with Crippen molar-refractivity contribution in [3.05, 3.63) is 35.6 Å². The Balaban J connectivity index is 1.57. The number of piperazine rings is 1. The lowest BCUT2D eigenvalue weighted by atomic mass is 9.95. The molecule has 2 amide bonds. The third kappa shape index (κ3) is 4.12. The first-order valence-corrected chi connectivity index (χ1v) is 8.65. The van der Waals surface area contributed by atoms with Crippen molar-refractivity contribution in [2.75, 3.05) is 39.3 Å². The number of nitrogens with one attached hydrogen (secondary N) is 1. The van der Waals surface area contributed by atoms with E-state index >= 15 is 0 Å². The van der Waals surface area contributed by atoms with Crippen LogP contribution in [0.1, 0.15) is 18.4 Å². The van der Waals surface area contributed by atoms with Crippen LogP contribution < -0.4 is 5.32 Å². The van der Waals surface area contributed by atoms with Crippen molar-refractivity contribution < 1.29 is 14.0 Å². The second-order valence-corrected chi connectivity index (χ2v) is 6.56.